The number of rotatable bonds is 8. The summed E-state index contributed by atoms with van der Waals surface area (Å²) in [6.45, 7) is 6.05. The van der Waals surface area contributed by atoms with Crippen LogP contribution in [-0.2, 0) is 4.79 Å². The second-order valence-electron chi connectivity index (χ2n) is 6.14. The summed E-state index contributed by atoms with van der Waals surface area (Å²) in [6, 6.07) is 0. The molecule has 1 rings (SSSR count). The van der Waals surface area contributed by atoms with E-state index in [1.54, 1.807) is 0 Å². The van der Waals surface area contributed by atoms with Crippen molar-refractivity contribution < 1.29 is 9.90 Å². The first kappa shape index (κ1) is 16.5. The summed E-state index contributed by atoms with van der Waals surface area (Å²) in [5.74, 6) is -0.634. The van der Waals surface area contributed by atoms with Crippen molar-refractivity contribution in [3.05, 3.63) is 0 Å². The van der Waals surface area contributed by atoms with Crippen LogP contribution in [0.4, 0.5) is 0 Å². The monoisotopic (exact) mass is 269 g/mol. The average Bonchev–Trinajstić information content (AvgIpc) is 2.67. The minimum absolute atomic E-state index is 0.634. The predicted octanol–water partition coefficient (Wildman–Crippen LogP) is 4.07. The van der Waals surface area contributed by atoms with Gasteiger partial charge in [-0.05, 0) is 39.3 Å². The molecule has 0 aromatic rings. The maximum Gasteiger partial charge on any atom is 0.323 e. The van der Waals surface area contributed by atoms with Gasteiger partial charge in [-0.2, -0.15) is 0 Å². The molecule has 0 aliphatic carbocycles. The van der Waals surface area contributed by atoms with Gasteiger partial charge in [-0.25, -0.2) is 0 Å². The Morgan fingerprint density at radius 3 is 2.16 bits per heavy atom. The normalized spacial score (nSPS) is 20.7. The van der Waals surface area contributed by atoms with Crippen LogP contribution >= 0.6 is 0 Å². The fourth-order valence-electron chi connectivity index (χ4n) is 3.04. The van der Waals surface area contributed by atoms with E-state index in [1.807, 2.05) is 6.92 Å². The summed E-state index contributed by atoms with van der Waals surface area (Å²) in [5.41, 5.74) is -0.642. The number of likely N-dealkylation sites (tertiary alicyclic amines) is 1. The zero-order valence-corrected chi connectivity index (χ0v) is 12.8. The second kappa shape index (κ2) is 8.57. The van der Waals surface area contributed by atoms with Gasteiger partial charge in [0.15, 0.2) is 0 Å². The first-order valence-corrected chi connectivity index (χ1v) is 8.09. The number of hydrogen-bond donors (Lipinski definition) is 1. The predicted molar refractivity (Wildman–Crippen MR) is 79.5 cm³/mol. The lowest BCUT2D eigenvalue weighted by molar-refractivity contribution is -0.151. The van der Waals surface area contributed by atoms with Crippen LogP contribution in [0.5, 0.6) is 0 Å². The van der Waals surface area contributed by atoms with Crippen molar-refractivity contribution in [1.29, 1.82) is 0 Å². The summed E-state index contributed by atoms with van der Waals surface area (Å²) in [7, 11) is 0. The van der Waals surface area contributed by atoms with Crippen molar-refractivity contribution in [3.8, 4) is 0 Å². The Labute approximate surface area is 118 Å². The third-order valence-electron chi connectivity index (χ3n) is 4.53. The largest absolute Gasteiger partial charge is 0.480 e. The summed E-state index contributed by atoms with van der Waals surface area (Å²) in [4.78, 5) is 13.9. The van der Waals surface area contributed by atoms with E-state index >= 15 is 0 Å². The molecule has 3 nitrogen and oxygen atoms in total. The standard InChI is InChI=1S/C16H31NO2/c1-3-4-5-6-9-12-16(2,15(18)19)17-13-10-7-8-11-14-17/h3-14H2,1-2H3,(H,18,19). The smallest absolute Gasteiger partial charge is 0.323 e. The molecule has 1 aliphatic rings. The van der Waals surface area contributed by atoms with E-state index in [2.05, 4.69) is 11.8 Å². The van der Waals surface area contributed by atoms with Gasteiger partial charge in [0.25, 0.3) is 0 Å². The fraction of sp³-hybridized carbons (Fsp3) is 0.938. The van der Waals surface area contributed by atoms with Crippen LogP contribution < -0.4 is 0 Å². The third kappa shape index (κ3) is 5.13. The van der Waals surface area contributed by atoms with Crippen LogP contribution in [0.15, 0.2) is 0 Å². The van der Waals surface area contributed by atoms with E-state index in [0.29, 0.717) is 0 Å². The van der Waals surface area contributed by atoms with Crippen molar-refractivity contribution >= 4 is 5.97 Å². The molecule has 1 unspecified atom stereocenters. The first-order valence-electron chi connectivity index (χ1n) is 8.09. The van der Waals surface area contributed by atoms with Gasteiger partial charge < -0.3 is 5.11 Å². The quantitative estimate of drug-likeness (QED) is 0.675. The average molecular weight is 269 g/mol. The van der Waals surface area contributed by atoms with Gasteiger partial charge in [0.2, 0.25) is 0 Å². The highest BCUT2D eigenvalue weighted by molar-refractivity contribution is 5.78. The minimum Gasteiger partial charge on any atom is -0.480 e. The van der Waals surface area contributed by atoms with Gasteiger partial charge in [0.05, 0.1) is 0 Å². The minimum atomic E-state index is -0.642. The summed E-state index contributed by atoms with van der Waals surface area (Å²) in [5, 5.41) is 9.64. The van der Waals surface area contributed by atoms with Gasteiger partial charge in [-0.1, -0.05) is 51.9 Å². The molecule has 0 radical (unpaired) electrons. The Bertz CT molecular complexity index is 259. The number of nitrogens with zero attached hydrogens (tertiary/aromatic N) is 1. The van der Waals surface area contributed by atoms with E-state index < -0.39 is 11.5 Å². The molecule has 0 bridgehead atoms. The summed E-state index contributed by atoms with van der Waals surface area (Å²) < 4.78 is 0. The fourth-order valence-corrected chi connectivity index (χ4v) is 3.04. The second-order valence-corrected chi connectivity index (χ2v) is 6.14. The molecule has 1 aliphatic heterocycles. The molecule has 112 valence electrons. The van der Waals surface area contributed by atoms with E-state index in [9.17, 15) is 9.90 Å². The Morgan fingerprint density at radius 1 is 1.05 bits per heavy atom. The molecule has 0 aromatic carbocycles. The molecule has 0 aromatic heterocycles. The molecule has 1 heterocycles. The SMILES string of the molecule is CCCCCCCC(C)(C(=O)O)N1CCCCCC1. The van der Waals surface area contributed by atoms with Gasteiger partial charge in [-0.15, -0.1) is 0 Å². The third-order valence-corrected chi connectivity index (χ3v) is 4.53. The number of carboxylic acid groups (broad SMARTS) is 1. The Morgan fingerprint density at radius 2 is 1.63 bits per heavy atom. The summed E-state index contributed by atoms with van der Waals surface area (Å²) in [6.07, 6.45) is 11.6. The van der Waals surface area contributed by atoms with Crippen LogP contribution in [0, 0.1) is 0 Å². The molecule has 0 spiro atoms. The van der Waals surface area contributed by atoms with Gasteiger partial charge >= 0.3 is 5.97 Å². The highest BCUT2D eigenvalue weighted by Gasteiger charge is 2.38. The molecule has 3 heteroatoms. The van der Waals surface area contributed by atoms with Crippen molar-refractivity contribution in [2.75, 3.05) is 13.1 Å². The topological polar surface area (TPSA) is 40.5 Å². The van der Waals surface area contributed by atoms with Crippen LogP contribution in [-0.4, -0.2) is 34.6 Å². The van der Waals surface area contributed by atoms with E-state index in [1.165, 1.54) is 38.5 Å². The number of carboxylic acids is 1. The van der Waals surface area contributed by atoms with Crippen LogP contribution in [0.25, 0.3) is 0 Å². The lowest BCUT2D eigenvalue weighted by Crippen LogP contribution is -2.52. The Kier molecular flexibility index (Phi) is 7.44. The molecule has 1 saturated heterocycles. The maximum absolute atomic E-state index is 11.7. The van der Waals surface area contributed by atoms with Gasteiger partial charge in [0, 0.05) is 0 Å². The van der Waals surface area contributed by atoms with E-state index in [-0.39, 0.29) is 0 Å². The highest BCUT2D eigenvalue weighted by atomic mass is 16.4. The van der Waals surface area contributed by atoms with E-state index in [0.717, 1.165) is 38.8 Å². The Balaban J connectivity index is 2.49. The zero-order chi connectivity index (χ0) is 14.1. The lowest BCUT2D eigenvalue weighted by Gasteiger charge is -2.37. The molecular weight excluding hydrogens is 238 g/mol. The van der Waals surface area contributed by atoms with Crippen molar-refractivity contribution in [2.24, 2.45) is 0 Å². The van der Waals surface area contributed by atoms with E-state index in [4.69, 9.17) is 0 Å². The maximum atomic E-state index is 11.7. The molecular formula is C16H31NO2. The van der Waals surface area contributed by atoms with Crippen molar-refractivity contribution in [3.63, 3.8) is 0 Å². The first-order chi connectivity index (χ1) is 9.11. The lowest BCUT2D eigenvalue weighted by atomic mass is 9.91. The number of aliphatic carboxylic acids is 1. The molecule has 0 saturated carbocycles. The van der Waals surface area contributed by atoms with Gasteiger partial charge in [0.1, 0.15) is 5.54 Å². The van der Waals surface area contributed by atoms with Crippen LogP contribution in [0.1, 0.15) is 78.1 Å². The van der Waals surface area contributed by atoms with Crippen molar-refractivity contribution in [2.45, 2.75) is 83.6 Å². The van der Waals surface area contributed by atoms with Crippen LogP contribution in [0.3, 0.4) is 0 Å². The van der Waals surface area contributed by atoms with Crippen LogP contribution in [0.2, 0.25) is 0 Å². The summed E-state index contributed by atoms with van der Waals surface area (Å²) >= 11 is 0. The molecule has 0 amide bonds. The molecule has 1 fully saturated rings. The molecule has 19 heavy (non-hydrogen) atoms. The highest BCUT2D eigenvalue weighted by Crippen LogP contribution is 2.26. The van der Waals surface area contributed by atoms with Gasteiger partial charge in [-0.3, -0.25) is 9.69 Å². The Hall–Kier alpha value is -0.570. The number of carbonyl (C=O) groups is 1. The number of unbranched alkanes of at least 4 members (excludes halogenated alkanes) is 4. The molecule has 1 atom stereocenters. The molecule has 1 N–H and O–H groups in total. The number of hydrogen-bond acceptors (Lipinski definition) is 2. The van der Waals surface area contributed by atoms with Crippen molar-refractivity contribution in [1.82, 2.24) is 4.90 Å². The zero-order valence-electron chi connectivity index (χ0n) is 12.8.